The van der Waals surface area contributed by atoms with Gasteiger partial charge < -0.3 is 0 Å². The molecule has 1 nitrogen and oxygen atoms in total. The quantitative estimate of drug-likeness (QED) is 0.648. The molecule has 0 atom stereocenters. The van der Waals surface area contributed by atoms with Crippen molar-refractivity contribution in [3.05, 3.63) is 29.3 Å². The molecule has 0 fully saturated rings. The Labute approximate surface area is 79.0 Å². The smallest absolute Gasteiger partial charge is 0.129 e. The van der Waals surface area contributed by atoms with E-state index in [2.05, 4.69) is 4.98 Å². The van der Waals surface area contributed by atoms with E-state index < -0.39 is 0 Å². The molecule has 2 heteroatoms. The van der Waals surface area contributed by atoms with Crippen LogP contribution in [0, 0.1) is 5.82 Å². The summed E-state index contributed by atoms with van der Waals surface area (Å²) in [5.41, 5.74) is 1.42. The minimum absolute atomic E-state index is 0.0763. The molecule has 1 rings (SSSR count). The second-order valence-corrected chi connectivity index (χ2v) is 4.26. The molecule has 0 amide bonds. The summed E-state index contributed by atoms with van der Waals surface area (Å²) in [6.07, 6.45) is 2.33. The molecule has 0 aliphatic carbocycles. The fourth-order valence-corrected chi connectivity index (χ4v) is 1.13. The van der Waals surface area contributed by atoms with Crippen LogP contribution in [0.1, 0.15) is 39.0 Å². The monoisotopic (exact) mass is 181 g/mol. The molecule has 0 aliphatic heterocycles. The summed E-state index contributed by atoms with van der Waals surface area (Å²) in [6, 6.07) is 1.54. The molecule has 0 saturated carbocycles. The highest BCUT2D eigenvalue weighted by molar-refractivity contribution is 5.20. The molecule has 13 heavy (non-hydrogen) atoms. The highest BCUT2D eigenvalue weighted by atomic mass is 19.1. The van der Waals surface area contributed by atoms with Gasteiger partial charge in [-0.2, -0.15) is 0 Å². The number of hydrogen-bond donors (Lipinski definition) is 0. The maximum Gasteiger partial charge on any atom is 0.129 e. The summed E-state index contributed by atoms with van der Waals surface area (Å²) in [5, 5.41) is 0. The van der Waals surface area contributed by atoms with Crippen molar-refractivity contribution in [2.45, 2.75) is 39.5 Å². The van der Waals surface area contributed by atoms with Crippen LogP contribution >= 0.6 is 0 Å². The predicted molar refractivity (Wildman–Crippen MR) is 52.3 cm³/mol. The minimum Gasteiger partial charge on any atom is -0.260 e. The first-order valence-corrected chi connectivity index (χ1v) is 4.60. The van der Waals surface area contributed by atoms with Gasteiger partial charge in [0, 0.05) is 22.9 Å². The molecule has 0 radical (unpaired) electrons. The highest BCUT2D eigenvalue weighted by Crippen LogP contribution is 2.21. The van der Waals surface area contributed by atoms with E-state index >= 15 is 0 Å². The van der Waals surface area contributed by atoms with Gasteiger partial charge in [-0.15, -0.1) is 0 Å². The van der Waals surface area contributed by atoms with Crippen LogP contribution < -0.4 is 0 Å². The Bertz CT molecular complexity index is 299. The Morgan fingerprint density at radius 2 is 2.00 bits per heavy atom. The number of aromatic nitrogens is 1. The predicted octanol–water partition coefficient (Wildman–Crippen LogP) is 3.08. The maximum atomic E-state index is 13.3. The van der Waals surface area contributed by atoms with Crippen LogP contribution in [0.3, 0.4) is 0 Å². The van der Waals surface area contributed by atoms with Gasteiger partial charge in [0.2, 0.25) is 0 Å². The van der Waals surface area contributed by atoms with Gasteiger partial charge in [0.15, 0.2) is 0 Å². The molecule has 1 heterocycles. The lowest BCUT2D eigenvalue weighted by Gasteiger charge is -2.17. The van der Waals surface area contributed by atoms with E-state index in [0.29, 0.717) is 12.0 Å². The normalized spacial score (nSPS) is 11.8. The van der Waals surface area contributed by atoms with E-state index in [-0.39, 0.29) is 11.2 Å². The number of pyridine rings is 1. The van der Waals surface area contributed by atoms with Crippen molar-refractivity contribution in [3.63, 3.8) is 0 Å². The molecule has 0 N–H and O–H groups in total. The summed E-state index contributed by atoms with van der Waals surface area (Å²) >= 11 is 0. The van der Waals surface area contributed by atoms with Crippen molar-refractivity contribution in [2.75, 3.05) is 0 Å². The second-order valence-electron chi connectivity index (χ2n) is 4.26. The van der Waals surface area contributed by atoms with Crippen LogP contribution in [0.5, 0.6) is 0 Å². The maximum absolute atomic E-state index is 13.3. The first-order chi connectivity index (χ1) is 5.95. The lowest BCUT2D eigenvalue weighted by molar-refractivity contribution is 0.546. The lowest BCUT2D eigenvalue weighted by atomic mass is 9.91. The van der Waals surface area contributed by atoms with E-state index in [1.165, 1.54) is 0 Å². The van der Waals surface area contributed by atoms with Crippen molar-refractivity contribution in [3.8, 4) is 0 Å². The number of halogens is 1. The van der Waals surface area contributed by atoms with E-state index in [9.17, 15) is 4.39 Å². The molecule has 0 spiro atoms. The topological polar surface area (TPSA) is 12.9 Å². The van der Waals surface area contributed by atoms with Crippen LogP contribution in [0.15, 0.2) is 12.3 Å². The summed E-state index contributed by atoms with van der Waals surface area (Å²) in [5.74, 6) is -0.137. The average Bonchev–Trinajstić information content (AvgIpc) is 2.02. The summed E-state index contributed by atoms with van der Waals surface area (Å²) < 4.78 is 13.3. The molecule has 1 aromatic heterocycles. The van der Waals surface area contributed by atoms with Crippen LogP contribution in [0.4, 0.5) is 4.39 Å². The van der Waals surface area contributed by atoms with Gasteiger partial charge in [0.25, 0.3) is 0 Å². The standard InChI is InChI=1S/C11H16FN/c1-5-8-7-13-10(6-9(8)12)11(2,3)4/h6-7H,5H2,1-4H3. The third-order valence-corrected chi connectivity index (χ3v) is 2.08. The first-order valence-electron chi connectivity index (χ1n) is 4.60. The Morgan fingerprint density at radius 1 is 1.38 bits per heavy atom. The zero-order valence-corrected chi connectivity index (χ0v) is 8.69. The Morgan fingerprint density at radius 3 is 2.38 bits per heavy atom. The Hall–Kier alpha value is -0.920. The molecular formula is C11H16FN. The fourth-order valence-electron chi connectivity index (χ4n) is 1.13. The van der Waals surface area contributed by atoms with Gasteiger partial charge in [-0.25, -0.2) is 4.39 Å². The van der Waals surface area contributed by atoms with Crippen molar-refractivity contribution in [1.29, 1.82) is 0 Å². The van der Waals surface area contributed by atoms with Crippen LogP contribution in [-0.4, -0.2) is 4.98 Å². The second kappa shape index (κ2) is 3.44. The van der Waals surface area contributed by atoms with E-state index in [1.807, 2.05) is 27.7 Å². The zero-order valence-electron chi connectivity index (χ0n) is 8.69. The van der Waals surface area contributed by atoms with Gasteiger partial charge in [-0.05, 0) is 12.5 Å². The minimum atomic E-state index is -0.137. The van der Waals surface area contributed by atoms with E-state index in [4.69, 9.17) is 0 Å². The van der Waals surface area contributed by atoms with Crippen LogP contribution in [0.25, 0.3) is 0 Å². The first kappa shape index (κ1) is 10.2. The zero-order chi connectivity index (χ0) is 10.1. The van der Waals surface area contributed by atoms with Crippen LogP contribution in [-0.2, 0) is 11.8 Å². The highest BCUT2D eigenvalue weighted by Gasteiger charge is 2.16. The van der Waals surface area contributed by atoms with Crippen molar-refractivity contribution < 1.29 is 4.39 Å². The molecule has 1 aromatic rings. The Balaban J connectivity index is 3.10. The van der Waals surface area contributed by atoms with Gasteiger partial charge in [0.1, 0.15) is 5.82 Å². The molecular weight excluding hydrogens is 165 g/mol. The van der Waals surface area contributed by atoms with E-state index in [0.717, 1.165) is 5.69 Å². The lowest BCUT2D eigenvalue weighted by Crippen LogP contribution is -2.14. The van der Waals surface area contributed by atoms with E-state index in [1.54, 1.807) is 12.3 Å². The number of nitrogens with zero attached hydrogens (tertiary/aromatic N) is 1. The summed E-state index contributed by atoms with van der Waals surface area (Å²) in [7, 11) is 0. The number of hydrogen-bond acceptors (Lipinski definition) is 1. The molecule has 72 valence electrons. The largest absolute Gasteiger partial charge is 0.260 e. The number of rotatable bonds is 1. The van der Waals surface area contributed by atoms with Gasteiger partial charge >= 0.3 is 0 Å². The van der Waals surface area contributed by atoms with Gasteiger partial charge in [-0.3, -0.25) is 4.98 Å². The molecule has 0 saturated heterocycles. The number of aryl methyl sites for hydroxylation is 1. The Kier molecular flexibility index (Phi) is 2.69. The third-order valence-electron chi connectivity index (χ3n) is 2.08. The van der Waals surface area contributed by atoms with Crippen molar-refractivity contribution in [1.82, 2.24) is 4.98 Å². The average molecular weight is 181 g/mol. The van der Waals surface area contributed by atoms with Gasteiger partial charge in [-0.1, -0.05) is 27.7 Å². The molecule has 0 unspecified atom stereocenters. The third kappa shape index (κ3) is 2.27. The van der Waals surface area contributed by atoms with Gasteiger partial charge in [0.05, 0.1) is 0 Å². The fraction of sp³-hybridized carbons (Fsp3) is 0.545. The molecule has 0 aliphatic rings. The summed E-state index contributed by atoms with van der Waals surface area (Å²) in [4.78, 5) is 4.24. The SMILES string of the molecule is CCc1cnc(C(C)(C)C)cc1F. The van der Waals surface area contributed by atoms with Crippen molar-refractivity contribution in [2.24, 2.45) is 0 Å². The van der Waals surface area contributed by atoms with Crippen LogP contribution in [0.2, 0.25) is 0 Å². The molecule has 0 aromatic carbocycles. The summed E-state index contributed by atoms with van der Waals surface area (Å²) in [6.45, 7) is 8.01. The molecule has 0 bridgehead atoms. The van der Waals surface area contributed by atoms with Crippen molar-refractivity contribution >= 4 is 0 Å².